The van der Waals surface area contributed by atoms with Gasteiger partial charge in [-0.3, -0.25) is 0 Å². The van der Waals surface area contributed by atoms with Crippen molar-refractivity contribution in [2.24, 2.45) is 0 Å². The number of nitrogens with zero attached hydrogens (tertiary/aromatic N) is 2. The summed E-state index contributed by atoms with van der Waals surface area (Å²) in [5, 5.41) is 4.45. The SMILES string of the molecule is COC(=O)c1cc(-c2ccc(Cl)cc2)n(C(=O)OC)n1. The molecule has 0 saturated carbocycles. The summed E-state index contributed by atoms with van der Waals surface area (Å²) in [5.74, 6) is -0.636. The molecule has 0 bridgehead atoms. The van der Waals surface area contributed by atoms with Crippen LogP contribution in [0, 0.1) is 0 Å². The Morgan fingerprint density at radius 1 is 1.15 bits per heavy atom. The van der Waals surface area contributed by atoms with Crippen LogP contribution in [0.5, 0.6) is 0 Å². The zero-order valence-corrected chi connectivity index (χ0v) is 11.5. The van der Waals surface area contributed by atoms with Crippen LogP contribution in [0.3, 0.4) is 0 Å². The highest BCUT2D eigenvalue weighted by Crippen LogP contribution is 2.23. The molecule has 2 rings (SSSR count). The number of halogens is 1. The van der Waals surface area contributed by atoms with E-state index < -0.39 is 12.1 Å². The number of carbonyl (C=O) groups is 2. The van der Waals surface area contributed by atoms with Gasteiger partial charge in [0.15, 0.2) is 5.69 Å². The Hall–Kier alpha value is -2.34. The van der Waals surface area contributed by atoms with Crippen molar-refractivity contribution in [1.29, 1.82) is 0 Å². The van der Waals surface area contributed by atoms with Crippen LogP contribution < -0.4 is 0 Å². The van der Waals surface area contributed by atoms with E-state index in [1.165, 1.54) is 20.3 Å². The van der Waals surface area contributed by atoms with Gasteiger partial charge in [-0.05, 0) is 18.2 Å². The summed E-state index contributed by atoms with van der Waals surface area (Å²) in [4.78, 5) is 23.2. The molecule has 0 atom stereocenters. The number of carbonyl (C=O) groups excluding carboxylic acids is 2. The molecule has 1 aromatic heterocycles. The van der Waals surface area contributed by atoms with Crippen LogP contribution in [-0.2, 0) is 9.47 Å². The molecule has 0 unspecified atom stereocenters. The van der Waals surface area contributed by atoms with Gasteiger partial charge >= 0.3 is 12.1 Å². The van der Waals surface area contributed by atoms with Gasteiger partial charge in [-0.1, -0.05) is 23.7 Å². The molecule has 0 radical (unpaired) electrons. The number of hydrogen-bond acceptors (Lipinski definition) is 5. The molecular weight excluding hydrogens is 284 g/mol. The predicted octanol–water partition coefficient (Wildman–Crippen LogP) is 2.60. The first-order valence-electron chi connectivity index (χ1n) is 5.59. The molecule has 0 spiro atoms. The van der Waals surface area contributed by atoms with Gasteiger partial charge in [0.25, 0.3) is 0 Å². The minimum absolute atomic E-state index is 0.0165. The van der Waals surface area contributed by atoms with Crippen LogP contribution >= 0.6 is 11.6 Å². The molecule has 2 aromatic rings. The molecule has 0 aliphatic rings. The molecule has 0 N–H and O–H groups in total. The van der Waals surface area contributed by atoms with Crippen molar-refractivity contribution < 1.29 is 19.1 Å². The minimum atomic E-state index is -0.704. The molecule has 104 valence electrons. The average molecular weight is 295 g/mol. The van der Waals surface area contributed by atoms with Crippen molar-refractivity contribution in [3.05, 3.63) is 41.0 Å². The number of benzene rings is 1. The van der Waals surface area contributed by atoms with E-state index in [1.54, 1.807) is 24.3 Å². The average Bonchev–Trinajstić information content (AvgIpc) is 2.91. The van der Waals surface area contributed by atoms with Gasteiger partial charge in [-0.25, -0.2) is 9.59 Å². The van der Waals surface area contributed by atoms with Crippen LogP contribution in [0.2, 0.25) is 5.02 Å². The summed E-state index contributed by atoms with van der Waals surface area (Å²) in [7, 11) is 2.47. The maximum absolute atomic E-state index is 11.7. The second kappa shape index (κ2) is 5.75. The monoisotopic (exact) mass is 294 g/mol. The lowest BCUT2D eigenvalue weighted by molar-refractivity contribution is 0.0593. The van der Waals surface area contributed by atoms with E-state index in [1.807, 2.05) is 0 Å². The molecule has 0 aliphatic carbocycles. The normalized spacial score (nSPS) is 10.2. The first-order valence-corrected chi connectivity index (χ1v) is 5.97. The Labute approximate surface area is 119 Å². The molecule has 1 heterocycles. The summed E-state index contributed by atoms with van der Waals surface area (Å²) in [5.41, 5.74) is 1.10. The number of rotatable bonds is 2. The van der Waals surface area contributed by atoms with E-state index in [9.17, 15) is 9.59 Å². The largest absolute Gasteiger partial charge is 0.464 e. The van der Waals surface area contributed by atoms with Crippen LogP contribution in [0.25, 0.3) is 11.3 Å². The second-order valence-electron chi connectivity index (χ2n) is 3.80. The summed E-state index contributed by atoms with van der Waals surface area (Å²) in [6, 6.07) is 8.21. The second-order valence-corrected chi connectivity index (χ2v) is 4.23. The zero-order valence-electron chi connectivity index (χ0n) is 10.8. The fourth-order valence-corrected chi connectivity index (χ4v) is 1.76. The summed E-state index contributed by atoms with van der Waals surface area (Å²) in [6.07, 6.45) is -0.704. The third-order valence-corrected chi connectivity index (χ3v) is 2.84. The Kier molecular flexibility index (Phi) is 4.05. The Balaban J connectivity index is 2.54. The third kappa shape index (κ3) is 2.65. The van der Waals surface area contributed by atoms with E-state index in [4.69, 9.17) is 11.6 Å². The molecule has 6 nitrogen and oxygen atoms in total. The van der Waals surface area contributed by atoms with Crippen LogP contribution in [-0.4, -0.2) is 36.1 Å². The molecular formula is C13H11ClN2O4. The molecule has 0 saturated heterocycles. The first kappa shape index (κ1) is 14.1. The van der Waals surface area contributed by atoms with Crippen LogP contribution in [0.4, 0.5) is 4.79 Å². The quantitative estimate of drug-likeness (QED) is 0.796. The van der Waals surface area contributed by atoms with Crippen molar-refractivity contribution in [3.63, 3.8) is 0 Å². The Bertz CT molecular complexity index is 649. The fraction of sp³-hybridized carbons (Fsp3) is 0.154. The van der Waals surface area contributed by atoms with Crippen molar-refractivity contribution in [1.82, 2.24) is 9.78 Å². The maximum Gasteiger partial charge on any atom is 0.434 e. The number of hydrogen-bond donors (Lipinski definition) is 0. The zero-order chi connectivity index (χ0) is 14.7. The molecule has 0 fully saturated rings. The van der Waals surface area contributed by atoms with Gasteiger partial charge in [0.05, 0.1) is 19.9 Å². The lowest BCUT2D eigenvalue weighted by atomic mass is 10.1. The highest BCUT2D eigenvalue weighted by Gasteiger charge is 2.20. The highest BCUT2D eigenvalue weighted by atomic mass is 35.5. The predicted molar refractivity (Wildman–Crippen MR) is 71.8 cm³/mol. The Morgan fingerprint density at radius 2 is 1.80 bits per heavy atom. The summed E-state index contributed by atoms with van der Waals surface area (Å²) in [6.45, 7) is 0. The van der Waals surface area contributed by atoms with E-state index >= 15 is 0 Å². The summed E-state index contributed by atoms with van der Waals surface area (Å²) >= 11 is 5.82. The minimum Gasteiger partial charge on any atom is -0.464 e. The van der Waals surface area contributed by atoms with Gasteiger partial charge in [0, 0.05) is 10.6 Å². The third-order valence-electron chi connectivity index (χ3n) is 2.59. The standard InChI is InChI=1S/C13H11ClN2O4/c1-19-12(17)10-7-11(16(15-10)13(18)20-2)8-3-5-9(14)6-4-8/h3-7H,1-2H3. The smallest absolute Gasteiger partial charge is 0.434 e. The van der Waals surface area contributed by atoms with Crippen molar-refractivity contribution in [2.45, 2.75) is 0 Å². The summed E-state index contributed by atoms with van der Waals surface area (Å²) < 4.78 is 10.2. The topological polar surface area (TPSA) is 70.4 Å². The van der Waals surface area contributed by atoms with Crippen molar-refractivity contribution >= 4 is 23.7 Å². The Morgan fingerprint density at radius 3 is 2.35 bits per heavy atom. The molecule has 7 heteroatoms. The number of ether oxygens (including phenoxy) is 2. The van der Waals surface area contributed by atoms with Crippen LogP contribution in [0.15, 0.2) is 30.3 Å². The highest BCUT2D eigenvalue weighted by molar-refractivity contribution is 6.30. The van der Waals surface area contributed by atoms with E-state index in [-0.39, 0.29) is 5.69 Å². The van der Waals surface area contributed by atoms with Gasteiger partial charge < -0.3 is 9.47 Å². The molecule has 0 amide bonds. The van der Waals surface area contributed by atoms with Gasteiger partial charge in [0.2, 0.25) is 0 Å². The number of methoxy groups -OCH3 is 2. The molecule has 20 heavy (non-hydrogen) atoms. The van der Waals surface area contributed by atoms with Gasteiger partial charge in [-0.15, -0.1) is 0 Å². The number of esters is 1. The maximum atomic E-state index is 11.7. The fourth-order valence-electron chi connectivity index (χ4n) is 1.64. The van der Waals surface area contributed by atoms with E-state index in [0.29, 0.717) is 16.3 Å². The first-order chi connectivity index (χ1) is 9.56. The van der Waals surface area contributed by atoms with Crippen molar-refractivity contribution in [3.8, 4) is 11.3 Å². The van der Waals surface area contributed by atoms with E-state index in [0.717, 1.165) is 4.68 Å². The van der Waals surface area contributed by atoms with Gasteiger partial charge in [0.1, 0.15) is 0 Å². The van der Waals surface area contributed by atoms with Crippen molar-refractivity contribution in [2.75, 3.05) is 14.2 Å². The number of aromatic nitrogens is 2. The molecule has 0 aliphatic heterocycles. The van der Waals surface area contributed by atoms with Gasteiger partial charge in [-0.2, -0.15) is 9.78 Å². The lowest BCUT2D eigenvalue weighted by Crippen LogP contribution is -2.15. The van der Waals surface area contributed by atoms with E-state index in [2.05, 4.69) is 14.6 Å². The molecule has 1 aromatic carbocycles. The van der Waals surface area contributed by atoms with Crippen LogP contribution in [0.1, 0.15) is 10.5 Å². The lowest BCUT2D eigenvalue weighted by Gasteiger charge is -2.04.